The molecule has 0 fully saturated rings. The summed E-state index contributed by atoms with van der Waals surface area (Å²) in [6.07, 6.45) is 2.48. The van der Waals surface area contributed by atoms with Gasteiger partial charge in [0.1, 0.15) is 5.69 Å². The van der Waals surface area contributed by atoms with Crippen LogP contribution < -0.4 is 5.73 Å². The van der Waals surface area contributed by atoms with Gasteiger partial charge in [-0.1, -0.05) is 19.1 Å². The minimum atomic E-state index is -0.0714. The van der Waals surface area contributed by atoms with E-state index in [1.807, 2.05) is 19.1 Å². The van der Waals surface area contributed by atoms with Gasteiger partial charge in [0.15, 0.2) is 0 Å². The first-order valence-corrected chi connectivity index (χ1v) is 6.86. The molecule has 1 aromatic heterocycles. The molecule has 3 N–H and O–H groups in total. The summed E-state index contributed by atoms with van der Waals surface area (Å²) >= 11 is 0. The van der Waals surface area contributed by atoms with E-state index in [4.69, 9.17) is 11.0 Å². The highest BCUT2D eigenvalue weighted by Gasteiger charge is 2.16. The second-order valence-corrected chi connectivity index (χ2v) is 4.88. The first-order chi connectivity index (χ1) is 10.1. The van der Waals surface area contributed by atoms with E-state index in [9.17, 15) is 4.79 Å². The number of hydrogen-bond donors (Lipinski definition) is 2. The number of carbonyl (C=O) groups excluding carboxylic acids is 1. The van der Waals surface area contributed by atoms with Crippen LogP contribution in [-0.2, 0) is 6.54 Å². The molecule has 21 heavy (non-hydrogen) atoms. The fourth-order valence-corrected chi connectivity index (χ4v) is 2.13. The molecule has 1 heterocycles. The number of carbonyl (C=O) groups is 1. The van der Waals surface area contributed by atoms with E-state index in [1.165, 1.54) is 0 Å². The van der Waals surface area contributed by atoms with Crippen molar-refractivity contribution in [2.75, 3.05) is 12.3 Å². The number of nitrogen functional groups attached to an aromatic ring is 1. The molecule has 0 bridgehead atoms. The van der Waals surface area contributed by atoms with Gasteiger partial charge < -0.3 is 15.6 Å². The number of hydrogen-bond acceptors (Lipinski definition) is 3. The fraction of sp³-hybridized carbons (Fsp3) is 0.250. The van der Waals surface area contributed by atoms with Crippen LogP contribution in [0.4, 0.5) is 5.69 Å². The highest BCUT2D eigenvalue weighted by atomic mass is 16.2. The van der Waals surface area contributed by atoms with Crippen LogP contribution in [0, 0.1) is 11.3 Å². The van der Waals surface area contributed by atoms with Crippen molar-refractivity contribution < 1.29 is 4.79 Å². The molecule has 0 aliphatic carbocycles. The lowest BCUT2D eigenvalue weighted by Gasteiger charge is -2.21. The maximum absolute atomic E-state index is 12.5. The molecule has 0 saturated carbocycles. The van der Waals surface area contributed by atoms with Gasteiger partial charge in [0.05, 0.1) is 11.6 Å². The molecule has 2 rings (SSSR count). The average molecular weight is 282 g/mol. The van der Waals surface area contributed by atoms with Crippen molar-refractivity contribution in [1.29, 1.82) is 5.26 Å². The molecule has 108 valence electrons. The monoisotopic (exact) mass is 282 g/mol. The van der Waals surface area contributed by atoms with Crippen molar-refractivity contribution in [3.05, 3.63) is 53.3 Å². The van der Waals surface area contributed by atoms with Crippen molar-refractivity contribution in [1.82, 2.24) is 9.88 Å². The zero-order valence-corrected chi connectivity index (χ0v) is 12.0. The molecule has 1 aromatic carbocycles. The Labute approximate surface area is 124 Å². The lowest BCUT2D eigenvalue weighted by atomic mass is 10.1. The number of nitriles is 1. The van der Waals surface area contributed by atoms with Gasteiger partial charge in [-0.3, -0.25) is 4.79 Å². The molecule has 0 radical (unpaired) electrons. The Balaban J connectivity index is 2.14. The van der Waals surface area contributed by atoms with Crippen LogP contribution in [0.25, 0.3) is 0 Å². The van der Waals surface area contributed by atoms with Gasteiger partial charge in [-0.2, -0.15) is 5.26 Å². The second kappa shape index (κ2) is 6.62. The summed E-state index contributed by atoms with van der Waals surface area (Å²) in [6, 6.07) is 11.0. The van der Waals surface area contributed by atoms with E-state index < -0.39 is 0 Å². The smallest absolute Gasteiger partial charge is 0.270 e. The first kappa shape index (κ1) is 14.7. The highest BCUT2D eigenvalue weighted by molar-refractivity contribution is 5.93. The highest BCUT2D eigenvalue weighted by Crippen LogP contribution is 2.13. The molecule has 0 spiro atoms. The van der Waals surface area contributed by atoms with Crippen LogP contribution in [0.2, 0.25) is 0 Å². The lowest BCUT2D eigenvalue weighted by molar-refractivity contribution is 0.0738. The van der Waals surface area contributed by atoms with Gasteiger partial charge in [-0.05, 0) is 30.2 Å². The minimum Gasteiger partial charge on any atom is -0.397 e. The number of nitrogens with zero attached hydrogens (tertiary/aromatic N) is 2. The predicted molar refractivity (Wildman–Crippen MR) is 81.4 cm³/mol. The molecule has 0 saturated heterocycles. The third-order valence-electron chi connectivity index (χ3n) is 3.17. The quantitative estimate of drug-likeness (QED) is 0.883. The van der Waals surface area contributed by atoms with E-state index in [2.05, 4.69) is 11.1 Å². The number of rotatable bonds is 5. The van der Waals surface area contributed by atoms with Gasteiger partial charge in [0.2, 0.25) is 0 Å². The summed E-state index contributed by atoms with van der Waals surface area (Å²) in [6.45, 7) is 3.21. The largest absolute Gasteiger partial charge is 0.397 e. The Kier molecular flexibility index (Phi) is 4.62. The first-order valence-electron chi connectivity index (χ1n) is 6.86. The van der Waals surface area contributed by atoms with Gasteiger partial charge in [0.25, 0.3) is 5.91 Å². The molecule has 0 unspecified atom stereocenters. The zero-order chi connectivity index (χ0) is 15.2. The standard InChI is InChI=1S/C16H18N4O/c1-2-7-20(16(21)15-8-14(18)10-19-15)11-13-5-3-12(9-17)4-6-13/h3-6,8,10,19H,2,7,11,18H2,1H3. The van der Waals surface area contributed by atoms with Crippen LogP contribution >= 0.6 is 0 Å². The number of aromatic nitrogens is 1. The predicted octanol–water partition coefficient (Wildman–Crippen LogP) is 2.52. The van der Waals surface area contributed by atoms with Crippen molar-refractivity contribution >= 4 is 11.6 Å². The molecule has 5 heteroatoms. The number of benzene rings is 1. The van der Waals surface area contributed by atoms with Crippen LogP contribution in [0.15, 0.2) is 36.5 Å². The molecule has 0 atom stereocenters. The number of aromatic amines is 1. The maximum Gasteiger partial charge on any atom is 0.270 e. The van der Waals surface area contributed by atoms with Crippen LogP contribution in [0.3, 0.4) is 0 Å². The summed E-state index contributed by atoms with van der Waals surface area (Å²) < 4.78 is 0. The Bertz CT molecular complexity index is 652. The number of anilines is 1. The number of nitrogens with two attached hydrogens (primary N) is 1. The Morgan fingerprint density at radius 2 is 2.10 bits per heavy atom. The van der Waals surface area contributed by atoms with Gasteiger partial charge >= 0.3 is 0 Å². The Hall–Kier alpha value is -2.74. The van der Waals surface area contributed by atoms with Gasteiger partial charge in [-0.25, -0.2) is 0 Å². The molecule has 0 aliphatic heterocycles. The van der Waals surface area contributed by atoms with Crippen molar-refractivity contribution in [2.45, 2.75) is 19.9 Å². The molecular formula is C16H18N4O. The summed E-state index contributed by atoms with van der Waals surface area (Å²) in [5, 5.41) is 8.80. The SMILES string of the molecule is CCCN(Cc1ccc(C#N)cc1)C(=O)c1cc(N)c[nH]1. The summed E-state index contributed by atoms with van der Waals surface area (Å²) in [5.41, 5.74) is 8.30. The third-order valence-corrected chi connectivity index (χ3v) is 3.17. The zero-order valence-electron chi connectivity index (χ0n) is 12.0. The number of amides is 1. The van der Waals surface area contributed by atoms with E-state index in [0.717, 1.165) is 12.0 Å². The van der Waals surface area contributed by atoms with E-state index >= 15 is 0 Å². The van der Waals surface area contributed by atoms with E-state index in [1.54, 1.807) is 29.3 Å². The Morgan fingerprint density at radius 3 is 2.62 bits per heavy atom. The van der Waals surface area contributed by atoms with Crippen LogP contribution in [0.1, 0.15) is 35.0 Å². The summed E-state index contributed by atoms with van der Waals surface area (Å²) in [5.74, 6) is -0.0714. The molecular weight excluding hydrogens is 264 g/mol. The van der Waals surface area contributed by atoms with E-state index in [0.29, 0.717) is 30.0 Å². The maximum atomic E-state index is 12.5. The minimum absolute atomic E-state index is 0.0714. The fourth-order valence-electron chi connectivity index (χ4n) is 2.13. The summed E-state index contributed by atoms with van der Waals surface area (Å²) in [4.78, 5) is 17.1. The molecule has 0 aliphatic rings. The molecule has 1 amide bonds. The summed E-state index contributed by atoms with van der Waals surface area (Å²) in [7, 11) is 0. The topological polar surface area (TPSA) is 85.9 Å². The molecule has 5 nitrogen and oxygen atoms in total. The normalized spacial score (nSPS) is 10.1. The van der Waals surface area contributed by atoms with Crippen molar-refractivity contribution in [3.8, 4) is 6.07 Å². The van der Waals surface area contributed by atoms with E-state index in [-0.39, 0.29) is 5.91 Å². The molecule has 2 aromatic rings. The number of nitrogens with one attached hydrogen (secondary N) is 1. The van der Waals surface area contributed by atoms with Crippen molar-refractivity contribution in [3.63, 3.8) is 0 Å². The average Bonchev–Trinajstić information content (AvgIpc) is 2.93. The second-order valence-electron chi connectivity index (χ2n) is 4.88. The van der Waals surface area contributed by atoms with Crippen LogP contribution in [-0.4, -0.2) is 22.3 Å². The van der Waals surface area contributed by atoms with Gasteiger partial charge in [0, 0.05) is 25.0 Å². The van der Waals surface area contributed by atoms with Crippen molar-refractivity contribution in [2.24, 2.45) is 0 Å². The third kappa shape index (κ3) is 3.63. The lowest BCUT2D eigenvalue weighted by Crippen LogP contribution is -2.31. The Morgan fingerprint density at radius 1 is 1.38 bits per heavy atom. The van der Waals surface area contributed by atoms with Crippen LogP contribution in [0.5, 0.6) is 0 Å². The number of H-pyrrole nitrogens is 1. The van der Waals surface area contributed by atoms with Gasteiger partial charge in [-0.15, -0.1) is 0 Å².